The van der Waals surface area contributed by atoms with Crippen LogP contribution in [0, 0.1) is 13.8 Å². The Balaban J connectivity index is 2.10. The number of Topliss-reactive ketones (excluding diaryl/α,β-unsaturated/α-hetero) is 1. The maximum atomic E-state index is 12.6. The van der Waals surface area contributed by atoms with Crippen LogP contribution in [0.2, 0.25) is 0 Å². The maximum Gasteiger partial charge on any atom is 0.243 e. The molecule has 0 aliphatic heterocycles. The first-order valence-electron chi connectivity index (χ1n) is 8.05. The van der Waals surface area contributed by atoms with Gasteiger partial charge in [0.1, 0.15) is 0 Å². The number of carbonyl (C=O) groups is 2. The zero-order chi connectivity index (χ0) is 19.5. The normalized spacial score (nSPS) is 11.4. The van der Waals surface area contributed by atoms with E-state index >= 15 is 0 Å². The molecular weight excluding hydrogens is 352 g/mol. The van der Waals surface area contributed by atoms with Gasteiger partial charge < -0.3 is 5.32 Å². The van der Waals surface area contributed by atoms with Gasteiger partial charge in [-0.25, -0.2) is 8.42 Å². The van der Waals surface area contributed by atoms with Crippen LogP contribution in [0.5, 0.6) is 0 Å². The van der Waals surface area contributed by atoms with Crippen LogP contribution in [0.1, 0.15) is 28.4 Å². The monoisotopic (exact) mass is 374 g/mol. The molecule has 2 aromatic rings. The quantitative estimate of drug-likeness (QED) is 0.788. The number of rotatable bonds is 6. The number of nitrogens with zero attached hydrogens (tertiary/aromatic N) is 1. The van der Waals surface area contributed by atoms with Crippen LogP contribution < -0.4 is 5.32 Å². The fourth-order valence-electron chi connectivity index (χ4n) is 2.47. The summed E-state index contributed by atoms with van der Waals surface area (Å²) in [6.07, 6.45) is 0. The average molecular weight is 374 g/mol. The SMILES string of the molecule is CC(=O)c1ccc(S(=O)(=O)N(C)CC(=O)Nc2ccc(C)cc2C)cc1. The molecule has 6 nitrogen and oxygen atoms in total. The second kappa shape index (κ2) is 7.80. The van der Waals surface area contributed by atoms with E-state index in [0.717, 1.165) is 15.4 Å². The number of benzene rings is 2. The molecule has 2 aromatic carbocycles. The lowest BCUT2D eigenvalue weighted by Gasteiger charge is -2.17. The third-order valence-electron chi connectivity index (χ3n) is 3.99. The summed E-state index contributed by atoms with van der Waals surface area (Å²) in [6.45, 7) is 4.92. The Labute approximate surface area is 153 Å². The van der Waals surface area contributed by atoms with Gasteiger partial charge in [0.2, 0.25) is 15.9 Å². The average Bonchev–Trinajstić information content (AvgIpc) is 2.57. The van der Waals surface area contributed by atoms with Crippen molar-refractivity contribution in [1.29, 1.82) is 0 Å². The van der Waals surface area contributed by atoms with Crippen molar-refractivity contribution in [2.75, 3.05) is 18.9 Å². The maximum absolute atomic E-state index is 12.6. The van der Waals surface area contributed by atoms with E-state index in [-0.39, 0.29) is 17.2 Å². The van der Waals surface area contributed by atoms with Gasteiger partial charge in [0, 0.05) is 18.3 Å². The molecule has 0 aromatic heterocycles. The van der Waals surface area contributed by atoms with Crippen molar-refractivity contribution in [3.8, 4) is 0 Å². The molecule has 0 heterocycles. The molecule has 0 spiro atoms. The molecule has 138 valence electrons. The van der Waals surface area contributed by atoms with E-state index < -0.39 is 15.9 Å². The van der Waals surface area contributed by atoms with Crippen LogP contribution >= 0.6 is 0 Å². The summed E-state index contributed by atoms with van der Waals surface area (Å²) >= 11 is 0. The molecule has 0 unspecified atom stereocenters. The van der Waals surface area contributed by atoms with Gasteiger partial charge in [-0.05, 0) is 44.5 Å². The molecule has 7 heteroatoms. The zero-order valence-electron chi connectivity index (χ0n) is 15.2. The summed E-state index contributed by atoms with van der Waals surface area (Å²) in [7, 11) is -2.48. The number of amides is 1. The highest BCUT2D eigenvalue weighted by atomic mass is 32.2. The molecule has 0 fully saturated rings. The fraction of sp³-hybridized carbons (Fsp3) is 0.263. The van der Waals surface area contributed by atoms with Gasteiger partial charge in [0.15, 0.2) is 5.78 Å². The number of likely N-dealkylation sites (N-methyl/N-ethyl adjacent to an activating group) is 1. The Morgan fingerprint density at radius 1 is 1.04 bits per heavy atom. The second-order valence-corrected chi connectivity index (χ2v) is 8.25. The number of hydrogen-bond donors (Lipinski definition) is 1. The second-order valence-electron chi connectivity index (χ2n) is 6.21. The highest BCUT2D eigenvalue weighted by Gasteiger charge is 2.23. The van der Waals surface area contributed by atoms with E-state index in [4.69, 9.17) is 0 Å². The van der Waals surface area contributed by atoms with E-state index in [1.807, 2.05) is 26.0 Å². The first-order valence-corrected chi connectivity index (χ1v) is 9.49. The molecule has 1 amide bonds. The van der Waals surface area contributed by atoms with E-state index in [0.29, 0.717) is 11.3 Å². The minimum atomic E-state index is -3.82. The van der Waals surface area contributed by atoms with Crippen LogP contribution in [0.25, 0.3) is 0 Å². The van der Waals surface area contributed by atoms with Gasteiger partial charge in [0.25, 0.3) is 0 Å². The molecule has 0 atom stereocenters. The molecule has 0 aliphatic rings. The Morgan fingerprint density at radius 3 is 2.19 bits per heavy atom. The topological polar surface area (TPSA) is 83.6 Å². The minimum absolute atomic E-state index is 0.0318. The van der Waals surface area contributed by atoms with Crippen molar-refractivity contribution in [3.05, 3.63) is 59.2 Å². The fourth-order valence-corrected chi connectivity index (χ4v) is 3.60. The summed E-state index contributed by atoms with van der Waals surface area (Å²) < 4.78 is 26.1. The lowest BCUT2D eigenvalue weighted by Crippen LogP contribution is -2.35. The lowest BCUT2D eigenvalue weighted by atomic mass is 10.1. The molecule has 0 aliphatic carbocycles. The molecule has 0 saturated carbocycles. The summed E-state index contributed by atoms with van der Waals surface area (Å²) in [4.78, 5) is 23.5. The Morgan fingerprint density at radius 2 is 1.65 bits per heavy atom. The van der Waals surface area contributed by atoms with E-state index in [1.165, 1.54) is 38.2 Å². The van der Waals surface area contributed by atoms with Crippen LogP contribution in [0.3, 0.4) is 0 Å². The highest BCUT2D eigenvalue weighted by Crippen LogP contribution is 2.18. The summed E-state index contributed by atoms with van der Waals surface area (Å²) in [5.74, 6) is -0.571. The molecule has 26 heavy (non-hydrogen) atoms. The number of ketones is 1. The van der Waals surface area contributed by atoms with Crippen molar-refractivity contribution in [1.82, 2.24) is 4.31 Å². The van der Waals surface area contributed by atoms with Gasteiger partial charge in [-0.15, -0.1) is 0 Å². The lowest BCUT2D eigenvalue weighted by molar-refractivity contribution is -0.116. The van der Waals surface area contributed by atoms with Crippen molar-refractivity contribution >= 4 is 27.4 Å². The van der Waals surface area contributed by atoms with Crippen LogP contribution in [-0.2, 0) is 14.8 Å². The highest BCUT2D eigenvalue weighted by molar-refractivity contribution is 7.89. The molecule has 0 saturated heterocycles. The van der Waals surface area contributed by atoms with E-state index in [9.17, 15) is 18.0 Å². The Hall–Kier alpha value is -2.51. The van der Waals surface area contributed by atoms with Crippen LogP contribution in [0.4, 0.5) is 5.69 Å². The summed E-state index contributed by atoms with van der Waals surface area (Å²) in [5, 5.41) is 2.73. The van der Waals surface area contributed by atoms with Crippen molar-refractivity contribution in [2.45, 2.75) is 25.7 Å². The summed E-state index contributed by atoms with van der Waals surface area (Å²) in [5.41, 5.74) is 3.06. The Kier molecular flexibility index (Phi) is 5.94. The van der Waals surface area contributed by atoms with Gasteiger partial charge in [-0.3, -0.25) is 9.59 Å². The number of carbonyl (C=O) groups excluding carboxylic acids is 2. The number of sulfonamides is 1. The number of hydrogen-bond acceptors (Lipinski definition) is 4. The molecule has 2 rings (SSSR count). The van der Waals surface area contributed by atoms with E-state index in [2.05, 4.69) is 5.32 Å². The third kappa shape index (κ3) is 4.56. The smallest absolute Gasteiger partial charge is 0.243 e. The molecule has 0 bridgehead atoms. The molecule has 0 radical (unpaired) electrons. The van der Waals surface area contributed by atoms with Gasteiger partial charge in [-0.2, -0.15) is 4.31 Å². The Bertz CT molecular complexity index is 935. The molecular formula is C19H22N2O4S. The predicted molar refractivity (Wildman–Crippen MR) is 101 cm³/mol. The van der Waals surface area contributed by atoms with Crippen molar-refractivity contribution < 1.29 is 18.0 Å². The number of aryl methyl sites for hydroxylation is 2. The van der Waals surface area contributed by atoms with Gasteiger partial charge in [-0.1, -0.05) is 29.8 Å². The van der Waals surface area contributed by atoms with Crippen LogP contribution in [-0.4, -0.2) is 38.0 Å². The first-order chi connectivity index (χ1) is 12.1. The number of nitrogens with one attached hydrogen (secondary N) is 1. The number of anilines is 1. The van der Waals surface area contributed by atoms with Crippen molar-refractivity contribution in [3.63, 3.8) is 0 Å². The predicted octanol–water partition coefficient (Wildman–Crippen LogP) is 2.77. The zero-order valence-corrected chi connectivity index (χ0v) is 16.1. The molecule has 1 N–H and O–H groups in total. The van der Waals surface area contributed by atoms with E-state index in [1.54, 1.807) is 6.07 Å². The van der Waals surface area contributed by atoms with Gasteiger partial charge in [0.05, 0.1) is 11.4 Å². The minimum Gasteiger partial charge on any atom is -0.325 e. The van der Waals surface area contributed by atoms with Crippen molar-refractivity contribution in [2.24, 2.45) is 0 Å². The first kappa shape index (κ1) is 19.8. The summed E-state index contributed by atoms with van der Waals surface area (Å²) in [6, 6.07) is 11.2. The van der Waals surface area contributed by atoms with Gasteiger partial charge >= 0.3 is 0 Å². The van der Waals surface area contributed by atoms with Crippen LogP contribution in [0.15, 0.2) is 47.4 Å². The standard InChI is InChI=1S/C19H22N2O4S/c1-13-5-10-18(14(2)11-13)20-19(23)12-21(4)26(24,25)17-8-6-16(7-9-17)15(3)22/h5-11H,12H2,1-4H3,(H,20,23). The largest absolute Gasteiger partial charge is 0.325 e. The third-order valence-corrected chi connectivity index (χ3v) is 5.81.